The van der Waals surface area contributed by atoms with Crippen molar-refractivity contribution in [2.75, 3.05) is 21.3 Å². The molecule has 4 aromatic rings. The second kappa shape index (κ2) is 7.36. The Bertz CT molecular complexity index is 1160. The van der Waals surface area contributed by atoms with Gasteiger partial charge in [-0.25, -0.2) is 4.98 Å². The number of aromatic amines is 1. The maximum Gasteiger partial charge on any atom is 0.204 e. The molecule has 2 aromatic carbocycles. The first-order chi connectivity index (χ1) is 13.7. The summed E-state index contributed by atoms with van der Waals surface area (Å²) in [5.74, 6) is 1.27. The lowest BCUT2D eigenvalue weighted by Gasteiger charge is -2.16. The normalized spacial score (nSPS) is 10.8. The summed E-state index contributed by atoms with van der Waals surface area (Å²) in [6.07, 6.45) is 2.68. The van der Waals surface area contributed by atoms with Gasteiger partial charge in [-0.1, -0.05) is 0 Å². The van der Waals surface area contributed by atoms with Crippen LogP contribution >= 0.6 is 11.3 Å². The molecule has 0 radical (unpaired) electrons. The van der Waals surface area contributed by atoms with E-state index in [1.807, 2.05) is 29.8 Å². The van der Waals surface area contributed by atoms with E-state index < -0.39 is 0 Å². The van der Waals surface area contributed by atoms with Crippen LogP contribution in [0.2, 0.25) is 0 Å². The lowest BCUT2D eigenvalue weighted by Crippen LogP contribution is -2.00. The van der Waals surface area contributed by atoms with Crippen molar-refractivity contribution in [3.8, 4) is 39.1 Å². The van der Waals surface area contributed by atoms with Gasteiger partial charge in [0.1, 0.15) is 5.01 Å². The highest BCUT2D eigenvalue weighted by Crippen LogP contribution is 2.46. The number of carbonyl (C=O) groups excluding carboxylic acids is 1. The van der Waals surface area contributed by atoms with Crippen LogP contribution in [-0.4, -0.2) is 37.6 Å². The maximum atomic E-state index is 11.8. The van der Waals surface area contributed by atoms with E-state index in [-0.39, 0.29) is 0 Å². The summed E-state index contributed by atoms with van der Waals surface area (Å²) in [5.41, 5.74) is 3.74. The number of benzene rings is 2. The van der Waals surface area contributed by atoms with E-state index in [4.69, 9.17) is 19.2 Å². The van der Waals surface area contributed by atoms with Crippen LogP contribution < -0.4 is 14.2 Å². The van der Waals surface area contributed by atoms with Crippen molar-refractivity contribution in [1.29, 1.82) is 0 Å². The molecule has 142 valence electrons. The largest absolute Gasteiger partial charge is 0.493 e. The number of thiazole rings is 1. The van der Waals surface area contributed by atoms with Crippen molar-refractivity contribution in [3.05, 3.63) is 47.5 Å². The monoisotopic (exact) mass is 394 g/mol. The minimum Gasteiger partial charge on any atom is -0.493 e. The number of hydrogen-bond acceptors (Lipinski definition) is 6. The van der Waals surface area contributed by atoms with E-state index in [1.165, 1.54) is 32.7 Å². The lowest BCUT2D eigenvalue weighted by atomic mass is 10.0. The molecular weight excluding hydrogens is 376 g/mol. The summed E-state index contributed by atoms with van der Waals surface area (Å²) >= 11 is 1.51. The third-order valence-electron chi connectivity index (χ3n) is 4.55. The van der Waals surface area contributed by atoms with Gasteiger partial charge in [0.25, 0.3) is 0 Å². The van der Waals surface area contributed by atoms with Gasteiger partial charge in [0, 0.05) is 33.6 Å². The number of carbonyl (C=O) groups is 1. The van der Waals surface area contributed by atoms with Gasteiger partial charge in [-0.2, -0.15) is 0 Å². The first-order valence-corrected chi connectivity index (χ1v) is 9.39. The van der Waals surface area contributed by atoms with Crippen LogP contribution in [0.5, 0.6) is 17.2 Å². The first-order valence-electron chi connectivity index (χ1n) is 8.51. The Morgan fingerprint density at radius 1 is 1.04 bits per heavy atom. The quantitative estimate of drug-likeness (QED) is 0.476. The maximum absolute atomic E-state index is 11.8. The van der Waals surface area contributed by atoms with E-state index in [1.54, 1.807) is 6.07 Å². The lowest BCUT2D eigenvalue weighted by molar-refractivity contribution is 0.112. The predicted molar refractivity (Wildman–Crippen MR) is 110 cm³/mol. The third kappa shape index (κ3) is 2.90. The zero-order valence-corrected chi connectivity index (χ0v) is 16.4. The number of methoxy groups -OCH3 is 3. The van der Waals surface area contributed by atoms with Crippen LogP contribution in [0.25, 0.3) is 32.7 Å². The number of aromatic nitrogens is 2. The Labute approximate surface area is 165 Å². The van der Waals surface area contributed by atoms with Gasteiger partial charge in [0.2, 0.25) is 5.75 Å². The molecule has 2 aromatic heterocycles. The number of aldehydes is 1. The van der Waals surface area contributed by atoms with Crippen LogP contribution in [0, 0.1) is 0 Å². The second-order valence-electron chi connectivity index (χ2n) is 6.05. The summed E-state index contributed by atoms with van der Waals surface area (Å²) in [7, 11) is 4.58. The van der Waals surface area contributed by atoms with Crippen molar-refractivity contribution in [2.24, 2.45) is 0 Å². The van der Waals surface area contributed by atoms with Gasteiger partial charge in [-0.05, 0) is 30.3 Å². The minimum absolute atomic E-state index is 0.418. The number of nitrogens with zero attached hydrogens (tertiary/aromatic N) is 1. The predicted octanol–water partition coefficient (Wildman–Crippen LogP) is 4.80. The number of nitrogens with one attached hydrogen (secondary N) is 1. The molecule has 7 heteroatoms. The molecule has 1 N–H and O–H groups in total. The third-order valence-corrected chi connectivity index (χ3v) is 5.44. The number of ether oxygens (including phenoxy) is 3. The first kappa shape index (κ1) is 18.1. The highest BCUT2D eigenvalue weighted by molar-refractivity contribution is 7.13. The standard InChI is InChI=1S/C21H18N2O4S/c1-25-17-9-14(10-24)18(20(27-3)19(17)26-2)16-11-28-21(23-16)13-4-5-15-12(8-13)6-7-22-15/h4-11,22H,1-3H3. The molecule has 6 nitrogen and oxygen atoms in total. The Kier molecular flexibility index (Phi) is 4.75. The molecule has 0 amide bonds. The number of H-pyrrole nitrogens is 1. The molecule has 0 atom stereocenters. The van der Waals surface area contributed by atoms with Gasteiger partial charge in [-0.15, -0.1) is 11.3 Å². The summed E-state index contributed by atoms with van der Waals surface area (Å²) in [5, 5.41) is 3.88. The van der Waals surface area contributed by atoms with E-state index >= 15 is 0 Å². The molecule has 0 bridgehead atoms. The molecule has 0 unspecified atom stereocenters. The van der Waals surface area contributed by atoms with Gasteiger partial charge in [0.05, 0.1) is 32.6 Å². The van der Waals surface area contributed by atoms with Crippen LogP contribution in [0.1, 0.15) is 10.4 Å². The number of hydrogen-bond donors (Lipinski definition) is 1. The Morgan fingerprint density at radius 3 is 2.57 bits per heavy atom. The molecule has 4 rings (SSSR count). The molecule has 28 heavy (non-hydrogen) atoms. The van der Waals surface area contributed by atoms with Gasteiger partial charge in [-0.3, -0.25) is 4.79 Å². The molecule has 0 aliphatic heterocycles. The molecule has 2 heterocycles. The van der Waals surface area contributed by atoms with Crippen molar-refractivity contribution in [1.82, 2.24) is 9.97 Å². The fourth-order valence-electron chi connectivity index (χ4n) is 3.24. The molecule has 0 aliphatic rings. The molecular formula is C21H18N2O4S. The van der Waals surface area contributed by atoms with Crippen LogP contribution in [0.3, 0.4) is 0 Å². The Balaban J connectivity index is 1.86. The average molecular weight is 394 g/mol. The average Bonchev–Trinajstić information content (AvgIpc) is 3.40. The van der Waals surface area contributed by atoms with Crippen molar-refractivity contribution in [3.63, 3.8) is 0 Å². The van der Waals surface area contributed by atoms with E-state index in [0.29, 0.717) is 34.1 Å². The highest BCUT2D eigenvalue weighted by Gasteiger charge is 2.23. The fourth-order valence-corrected chi connectivity index (χ4v) is 4.05. The Hall–Kier alpha value is -3.32. The van der Waals surface area contributed by atoms with Crippen LogP contribution in [-0.2, 0) is 0 Å². The van der Waals surface area contributed by atoms with Crippen molar-refractivity contribution < 1.29 is 19.0 Å². The SMILES string of the molecule is COc1cc(C=O)c(-c2csc(-c3ccc4[nH]ccc4c3)n2)c(OC)c1OC. The highest BCUT2D eigenvalue weighted by atomic mass is 32.1. The van der Waals surface area contributed by atoms with Crippen LogP contribution in [0.15, 0.2) is 41.9 Å². The summed E-state index contributed by atoms with van der Waals surface area (Å²) in [6.45, 7) is 0. The Morgan fingerprint density at radius 2 is 1.86 bits per heavy atom. The zero-order chi connectivity index (χ0) is 19.7. The van der Waals surface area contributed by atoms with Gasteiger partial charge < -0.3 is 19.2 Å². The topological polar surface area (TPSA) is 73.4 Å². The summed E-state index contributed by atoms with van der Waals surface area (Å²) < 4.78 is 16.4. The van der Waals surface area contributed by atoms with E-state index in [0.717, 1.165) is 27.8 Å². The number of fused-ring (bicyclic) bond motifs is 1. The van der Waals surface area contributed by atoms with Gasteiger partial charge in [0.15, 0.2) is 17.8 Å². The van der Waals surface area contributed by atoms with Gasteiger partial charge >= 0.3 is 0 Å². The number of rotatable bonds is 6. The molecule has 0 aliphatic carbocycles. The molecule has 0 spiro atoms. The molecule has 0 saturated heterocycles. The molecule has 0 saturated carbocycles. The second-order valence-corrected chi connectivity index (χ2v) is 6.90. The molecule has 0 fully saturated rings. The van der Waals surface area contributed by atoms with Crippen LogP contribution in [0.4, 0.5) is 0 Å². The smallest absolute Gasteiger partial charge is 0.204 e. The van der Waals surface area contributed by atoms with E-state index in [9.17, 15) is 4.79 Å². The van der Waals surface area contributed by atoms with Crippen molar-refractivity contribution >= 4 is 28.5 Å². The minimum atomic E-state index is 0.418. The van der Waals surface area contributed by atoms with Crippen molar-refractivity contribution in [2.45, 2.75) is 0 Å². The summed E-state index contributed by atoms with van der Waals surface area (Å²) in [6, 6.07) is 9.79. The van der Waals surface area contributed by atoms with E-state index in [2.05, 4.69) is 11.1 Å². The fraction of sp³-hybridized carbons (Fsp3) is 0.143. The summed E-state index contributed by atoms with van der Waals surface area (Å²) in [4.78, 5) is 19.7. The zero-order valence-electron chi connectivity index (χ0n) is 15.6.